The fraction of sp³-hybridized carbons (Fsp3) is 0.600. The van der Waals surface area contributed by atoms with Gasteiger partial charge in [0.25, 0.3) is 0 Å². The Bertz CT molecular complexity index is 591. The molecule has 0 fully saturated rings. The number of carbonyl (C=O) groups is 2. The van der Waals surface area contributed by atoms with E-state index >= 15 is 0 Å². The monoisotopic (exact) mass is 332 g/mol. The van der Waals surface area contributed by atoms with Gasteiger partial charge in [-0.1, -0.05) is 45.4 Å². The van der Waals surface area contributed by atoms with Crippen molar-refractivity contribution >= 4 is 17.5 Å². The third kappa shape index (κ3) is 4.59. The van der Waals surface area contributed by atoms with Crippen LogP contribution in [0, 0.1) is 12.3 Å². The molecule has 24 heavy (non-hydrogen) atoms. The van der Waals surface area contributed by atoms with Crippen molar-refractivity contribution in [2.24, 2.45) is 5.41 Å². The topological polar surface area (TPSA) is 49.4 Å². The molecule has 0 spiro atoms. The Hall–Kier alpha value is -1.84. The summed E-state index contributed by atoms with van der Waals surface area (Å²) in [5, 5.41) is 3.01. The molecule has 0 atom stereocenters. The van der Waals surface area contributed by atoms with Crippen molar-refractivity contribution in [3.63, 3.8) is 0 Å². The summed E-state index contributed by atoms with van der Waals surface area (Å²) in [6.07, 6.45) is 1.96. The van der Waals surface area contributed by atoms with Crippen LogP contribution >= 0.6 is 0 Å². The van der Waals surface area contributed by atoms with Crippen molar-refractivity contribution in [2.75, 3.05) is 18.9 Å². The van der Waals surface area contributed by atoms with Crippen LogP contribution in [-0.4, -0.2) is 30.3 Å². The summed E-state index contributed by atoms with van der Waals surface area (Å²) in [6, 6.07) is 5.99. The fourth-order valence-corrected chi connectivity index (χ4v) is 2.68. The second-order valence-electron chi connectivity index (χ2n) is 7.35. The number of carbonyl (C=O) groups excluding carboxylic acids is 2. The number of anilines is 1. The standard InChI is InChI=1S/C20H32N2O2/c1-8-9-13-22(7)19(24)20(5,6)18(23)21-17-15(4)11-10-12-16(17)14(2)3/h10-12,14H,8-9,13H2,1-7H3,(H,21,23). The highest BCUT2D eigenvalue weighted by Crippen LogP contribution is 2.30. The van der Waals surface area contributed by atoms with Crippen molar-refractivity contribution in [3.8, 4) is 0 Å². The Morgan fingerprint density at radius 2 is 1.88 bits per heavy atom. The first kappa shape index (κ1) is 20.2. The van der Waals surface area contributed by atoms with Crippen LogP contribution in [0.5, 0.6) is 0 Å². The molecule has 0 aliphatic carbocycles. The lowest BCUT2D eigenvalue weighted by Crippen LogP contribution is -2.46. The SMILES string of the molecule is CCCCN(C)C(=O)C(C)(C)C(=O)Nc1c(C)cccc1C(C)C. The predicted octanol–water partition coefficient (Wildman–Crippen LogP) is 4.34. The maximum Gasteiger partial charge on any atom is 0.239 e. The van der Waals surface area contributed by atoms with Gasteiger partial charge in [0.15, 0.2) is 0 Å². The summed E-state index contributed by atoms with van der Waals surface area (Å²) in [7, 11) is 1.76. The van der Waals surface area contributed by atoms with E-state index in [1.807, 2.05) is 25.1 Å². The van der Waals surface area contributed by atoms with E-state index in [1.165, 1.54) is 0 Å². The number of amides is 2. The van der Waals surface area contributed by atoms with Gasteiger partial charge < -0.3 is 10.2 Å². The summed E-state index contributed by atoms with van der Waals surface area (Å²) in [5.74, 6) is -0.105. The summed E-state index contributed by atoms with van der Waals surface area (Å²) < 4.78 is 0. The number of para-hydroxylation sites is 1. The number of rotatable bonds is 7. The second-order valence-corrected chi connectivity index (χ2v) is 7.35. The van der Waals surface area contributed by atoms with Crippen LogP contribution in [0.15, 0.2) is 18.2 Å². The van der Waals surface area contributed by atoms with Crippen LogP contribution in [0.3, 0.4) is 0 Å². The Labute approximate surface area is 146 Å². The molecule has 2 amide bonds. The van der Waals surface area contributed by atoms with Gasteiger partial charge in [-0.2, -0.15) is 0 Å². The first-order chi connectivity index (χ1) is 11.1. The molecule has 4 nitrogen and oxygen atoms in total. The first-order valence-corrected chi connectivity index (χ1v) is 8.79. The molecule has 0 saturated carbocycles. The predicted molar refractivity (Wildman–Crippen MR) is 100 cm³/mol. The molecule has 0 aliphatic heterocycles. The molecule has 0 saturated heterocycles. The zero-order valence-corrected chi connectivity index (χ0v) is 16.2. The number of benzene rings is 1. The zero-order valence-electron chi connectivity index (χ0n) is 16.2. The molecule has 0 unspecified atom stereocenters. The molecule has 0 aromatic heterocycles. The highest BCUT2D eigenvalue weighted by Gasteiger charge is 2.38. The third-order valence-corrected chi connectivity index (χ3v) is 4.46. The van der Waals surface area contributed by atoms with Gasteiger partial charge in [0.05, 0.1) is 0 Å². The number of nitrogens with one attached hydrogen (secondary N) is 1. The minimum Gasteiger partial charge on any atom is -0.345 e. The molecule has 1 rings (SSSR count). The van der Waals surface area contributed by atoms with Gasteiger partial charge in [-0.25, -0.2) is 0 Å². The Balaban J connectivity index is 3.00. The second kappa shape index (κ2) is 8.32. The van der Waals surface area contributed by atoms with Crippen molar-refractivity contribution < 1.29 is 9.59 Å². The normalized spacial score (nSPS) is 11.5. The molecule has 4 heteroatoms. The number of nitrogens with zero attached hydrogens (tertiary/aromatic N) is 1. The van der Waals surface area contributed by atoms with E-state index in [9.17, 15) is 9.59 Å². The van der Waals surface area contributed by atoms with Gasteiger partial charge in [-0.3, -0.25) is 9.59 Å². The van der Waals surface area contributed by atoms with Gasteiger partial charge >= 0.3 is 0 Å². The van der Waals surface area contributed by atoms with E-state index in [-0.39, 0.29) is 11.8 Å². The number of unbranched alkanes of at least 4 members (excludes halogenated alkanes) is 1. The molecule has 1 N–H and O–H groups in total. The molecule has 0 radical (unpaired) electrons. The molecule has 134 valence electrons. The molecule has 0 bridgehead atoms. The van der Waals surface area contributed by atoms with Crippen LogP contribution in [0.2, 0.25) is 0 Å². The number of hydrogen-bond acceptors (Lipinski definition) is 2. The molecule has 0 aliphatic rings. The van der Waals surface area contributed by atoms with E-state index in [0.717, 1.165) is 29.7 Å². The lowest BCUT2D eigenvalue weighted by Gasteiger charge is -2.29. The molecule has 1 aromatic carbocycles. The number of hydrogen-bond donors (Lipinski definition) is 1. The number of aryl methyl sites for hydroxylation is 1. The van der Waals surface area contributed by atoms with Gasteiger partial charge in [-0.15, -0.1) is 0 Å². The first-order valence-electron chi connectivity index (χ1n) is 8.79. The van der Waals surface area contributed by atoms with Gasteiger partial charge in [0.2, 0.25) is 11.8 Å². The maximum atomic E-state index is 12.8. The molecule has 1 aromatic rings. The highest BCUT2D eigenvalue weighted by atomic mass is 16.2. The van der Waals surface area contributed by atoms with E-state index in [4.69, 9.17) is 0 Å². The van der Waals surface area contributed by atoms with Crippen molar-refractivity contribution in [3.05, 3.63) is 29.3 Å². The smallest absolute Gasteiger partial charge is 0.239 e. The lowest BCUT2D eigenvalue weighted by atomic mass is 9.89. The van der Waals surface area contributed by atoms with Crippen LogP contribution < -0.4 is 5.32 Å². The van der Waals surface area contributed by atoms with E-state index in [2.05, 4.69) is 26.1 Å². The Morgan fingerprint density at radius 3 is 2.42 bits per heavy atom. The summed E-state index contributed by atoms with van der Waals surface area (Å²) in [5.41, 5.74) is 1.83. The fourth-order valence-electron chi connectivity index (χ4n) is 2.68. The van der Waals surface area contributed by atoms with E-state index < -0.39 is 5.41 Å². The molecular weight excluding hydrogens is 300 g/mol. The quantitative estimate of drug-likeness (QED) is 0.755. The van der Waals surface area contributed by atoms with Crippen molar-refractivity contribution in [2.45, 2.75) is 60.3 Å². The third-order valence-electron chi connectivity index (χ3n) is 4.46. The molecule has 0 heterocycles. The zero-order chi connectivity index (χ0) is 18.5. The lowest BCUT2D eigenvalue weighted by molar-refractivity contribution is -0.145. The van der Waals surface area contributed by atoms with Crippen molar-refractivity contribution in [1.29, 1.82) is 0 Å². The molecular formula is C20H32N2O2. The van der Waals surface area contributed by atoms with Crippen LogP contribution in [0.4, 0.5) is 5.69 Å². The summed E-state index contributed by atoms with van der Waals surface area (Å²) >= 11 is 0. The highest BCUT2D eigenvalue weighted by molar-refractivity contribution is 6.10. The van der Waals surface area contributed by atoms with Crippen LogP contribution in [0.25, 0.3) is 0 Å². The van der Waals surface area contributed by atoms with Crippen molar-refractivity contribution in [1.82, 2.24) is 4.90 Å². The van der Waals surface area contributed by atoms with Gasteiger partial charge in [0, 0.05) is 19.3 Å². The summed E-state index contributed by atoms with van der Waals surface area (Å²) in [4.78, 5) is 27.2. The Kier molecular flexibility index (Phi) is 7.00. The summed E-state index contributed by atoms with van der Waals surface area (Å²) in [6.45, 7) is 12.3. The minimum atomic E-state index is -1.10. The van der Waals surface area contributed by atoms with Crippen LogP contribution in [-0.2, 0) is 9.59 Å². The maximum absolute atomic E-state index is 12.8. The van der Waals surface area contributed by atoms with E-state index in [1.54, 1.807) is 25.8 Å². The minimum absolute atomic E-state index is 0.145. The average molecular weight is 332 g/mol. The Morgan fingerprint density at radius 1 is 1.25 bits per heavy atom. The van der Waals surface area contributed by atoms with Gasteiger partial charge in [-0.05, 0) is 44.2 Å². The van der Waals surface area contributed by atoms with Crippen LogP contribution in [0.1, 0.15) is 64.5 Å². The largest absolute Gasteiger partial charge is 0.345 e. The average Bonchev–Trinajstić information content (AvgIpc) is 2.53. The van der Waals surface area contributed by atoms with Gasteiger partial charge in [0.1, 0.15) is 5.41 Å². The van der Waals surface area contributed by atoms with E-state index in [0.29, 0.717) is 12.5 Å².